The van der Waals surface area contributed by atoms with Crippen molar-refractivity contribution in [1.29, 1.82) is 0 Å². The number of nitrogens with two attached hydrogens (primary N) is 1. The number of nitrogen functional groups attached to an aromatic ring is 1. The van der Waals surface area contributed by atoms with Crippen molar-refractivity contribution >= 4 is 23.2 Å². The van der Waals surface area contributed by atoms with E-state index in [0.29, 0.717) is 34.8 Å². The van der Waals surface area contributed by atoms with E-state index in [0.717, 1.165) is 12.3 Å². The number of H-pyrrole nitrogens is 1. The normalized spacial score (nSPS) is 14.7. The number of aromatic amines is 1. The quantitative estimate of drug-likeness (QED) is 0.283. The number of anilines is 3. The van der Waals surface area contributed by atoms with Gasteiger partial charge in [0.15, 0.2) is 17.3 Å². The molecule has 1 aromatic carbocycles. The Hall–Kier alpha value is -3.67. The van der Waals surface area contributed by atoms with Crippen LogP contribution in [0.2, 0.25) is 0 Å². The summed E-state index contributed by atoms with van der Waals surface area (Å²) in [5.41, 5.74) is 8.28. The second-order valence-electron chi connectivity index (χ2n) is 9.13. The molecular formula is C25H27F5N7+. The molecule has 0 spiro atoms. The first-order valence-corrected chi connectivity index (χ1v) is 11.6. The van der Waals surface area contributed by atoms with Crippen LogP contribution < -0.4 is 16.0 Å². The van der Waals surface area contributed by atoms with Gasteiger partial charge in [-0.3, -0.25) is 9.89 Å². The molecule has 1 aliphatic heterocycles. The van der Waals surface area contributed by atoms with Crippen molar-refractivity contribution in [3.8, 4) is 11.3 Å². The summed E-state index contributed by atoms with van der Waals surface area (Å²) in [6.45, 7) is 3.20. The number of aliphatic imine (C=N–C) groups is 1. The molecule has 0 radical (unpaired) electrons. The highest BCUT2D eigenvalue weighted by Gasteiger charge is 2.32. The first-order chi connectivity index (χ1) is 17.4. The number of hydrogen-bond acceptors (Lipinski definition) is 6. The predicted molar refractivity (Wildman–Crippen MR) is 130 cm³/mol. The maximum absolute atomic E-state index is 14.8. The predicted octanol–water partition coefficient (Wildman–Crippen LogP) is 4.56. The second kappa shape index (κ2) is 10.4. The molecule has 12 heteroatoms. The minimum absolute atomic E-state index is 0.0447. The first-order valence-electron chi connectivity index (χ1n) is 11.6. The van der Waals surface area contributed by atoms with Gasteiger partial charge in [-0.15, -0.1) is 0 Å². The monoisotopic (exact) mass is 520 g/mol. The summed E-state index contributed by atoms with van der Waals surface area (Å²) in [5.74, 6) is -0.937. The van der Waals surface area contributed by atoms with Gasteiger partial charge in [0.25, 0.3) is 0 Å². The Balaban J connectivity index is 1.61. The SMILES string of the molecule is CN=C(c1cc(-c2nc(Nc3ccc4c(n3)CCN(CC(F)(F)F)C4)[nH+]cc2F)cc(F)c1N)C(C)C. The molecule has 0 aliphatic carbocycles. The summed E-state index contributed by atoms with van der Waals surface area (Å²) in [4.78, 5) is 17.0. The summed E-state index contributed by atoms with van der Waals surface area (Å²) >= 11 is 0. The van der Waals surface area contributed by atoms with Crippen LogP contribution in [0.15, 0.2) is 35.5 Å². The molecule has 7 nitrogen and oxygen atoms in total. The molecule has 2 aromatic heterocycles. The number of pyridine rings is 1. The average Bonchev–Trinajstić information content (AvgIpc) is 2.82. The van der Waals surface area contributed by atoms with Crippen LogP contribution in [0.3, 0.4) is 0 Å². The maximum Gasteiger partial charge on any atom is 0.401 e. The van der Waals surface area contributed by atoms with Gasteiger partial charge in [-0.25, -0.2) is 19.7 Å². The second-order valence-corrected chi connectivity index (χ2v) is 9.13. The summed E-state index contributed by atoms with van der Waals surface area (Å²) in [6.07, 6.45) is -2.82. The van der Waals surface area contributed by atoms with E-state index in [1.807, 2.05) is 13.8 Å². The molecule has 0 amide bonds. The van der Waals surface area contributed by atoms with Gasteiger partial charge in [0.05, 0.1) is 12.2 Å². The fraction of sp³-hybridized carbons (Fsp3) is 0.360. The lowest BCUT2D eigenvalue weighted by molar-refractivity contribution is -0.367. The van der Waals surface area contributed by atoms with E-state index in [1.165, 1.54) is 4.90 Å². The number of benzene rings is 1. The molecule has 0 atom stereocenters. The van der Waals surface area contributed by atoms with Crippen LogP contribution in [0.5, 0.6) is 0 Å². The zero-order chi connectivity index (χ0) is 26.9. The van der Waals surface area contributed by atoms with Gasteiger partial charge < -0.3 is 5.73 Å². The Morgan fingerprint density at radius 2 is 1.95 bits per heavy atom. The first kappa shape index (κ1) is 26.4. The molecule has 4 N–H and O–H groups in total. The average molecular weight is 521 g/mol. The van der Waals surface area contributed by atoms with Gasteiger partial charge in [0.2, 0.25) is 0 Å². The lowest BCUT2D eigenvalue weighted by Gasteiger charge is -2.28. The van der Waals surface area contributed by atoms with Crippen molar-refractivity contribution in [2.75, 3.05) is 31.2 Å². The lowest BCUT2D eigenvalue weighted by Crippen LogP contribution is -2.38. The fourth-order valence-corrected chi connectivity index (χ4v) is 4.37. The molecule has 3 heterocycles. The Bertz CT molecular complexity index is 1340. The largest absolute Gasteiger partial charge is 0.401 e. The van der Waals surface area contributed by atoms with Crippen LogP contribution in [-0.4, -0.2) is 46.9 Å². The van der Waals surface area contributed by atoms with Gasteiger partial charge in [0.1, 0.15) is 12.0 Å². The van der Waals surface area contributed by atoms with Crippen LogP contribution in [0, 0.1) is 17.6 Å². The molecule has 37 heavy (non-hydrogen) atoms. The number of hydrogen-bond donors (Lipinski definition) is 2. The molecule has 1 aliphatic rings. The van der Waals surface area contributed by atoms with Crippen molar-refractivity contribution in [1.82, 2.24) is 14.9 Å². The highest BCUT2D eigenvalue weighted by Crippen LogP contribution is 2.30. The van der Waals surface area contributed by atoms with Gasteiger partial charge in [0, 0.05) is 49.1 Å². The van der Waals surface area contributed by atoms with Gasteiger partial charge in [-0.2, -0.15) is 17.6 Å². The molecule has 0 unspecified atom stereocenters. The summed E-state index contributed by atoms with van der Waals surface area (Å²) in [6, 6.07) is 5.99. The molecule has 4 rings (SSSR count). The molecule has 0 bridgehead atoms. The fourth-order valence-electron chi connectivity index (χ4n) is 4.37. The highest BCUT2D eigenvalue weighted by atomic mass is 19.4. The Morgan fingerprint density at radius 1 is 1.19 bits per heavy atom. The standard InChI is InChI=1S/C25H26F5N7/c1-13(2)22(32-3)16-8-15(9-17(26)21(16)31)23-18(27)10-33-24(36-23)35-20-5-4-14-11-37(12-25(28,29)30)7-6-19(14)34-20/h4-5,8-10,13H,6-7,11-12,31H2,1-3H3,(H,33,34,35,36)/p+1. The molecule has 196 valence electrons. The molecule has 0 saturated carbocycles. The number of fused-ring (bicyclic) bond motifs is 1. The van der Waals surface area contributed by atoms with E-state index < -0.39 is 24.4 Å². The zero-order valence-corrected chi connectivity index (χ0v) is 20.5. The van der Waals surface area contributed by atoms with Gasteiger partial charge >= 0.3 is 12.1 Å². The van der Waals surface area contributed by atoms with Crippen LogP contribution in [0.4, 0.5) is 39.4 Å². The van der Waals surface area contributed by atoms with Crippen LogP contribution >= 0.6 is 0 Å². The van der Waals surface area contributed by atoms with Crippen LogP contribution in [0.1, 0.15) is 30.7 Å². The number of rotatable bonds is 6. The minimum atomic E-state index is -4.26. The number of halogens is 5. The molecule has 0 saturated heterocycles. The van der Waals surface area contributed by atoms with Crippen molar-refractivity contribution in [2.45, 2.75) is 33.0 Å². The summed E-state index contributed by atoms with van der Waals surface area (Å²) in [5, 5.41) is 2.95. The summed E-state index contributed by atoms with van der Waals surface area (Å²) < 4.78 is 67.7. The van der Waals surface area contributed by atoms with Crippen molar-refractivity contribution < 1.29 is 26.9 Å². The third-order valence-corrected chi connectivity index (χ3v) is 6.03. The number of nitrogens with zero attached hydrogens (tertiary/aromatic N) is 4. The zero-order valence-electron chi connectivity index (χ0n) is 20.5. The van der Waals surface area contributed by atoms with Crippen molar-refractivity contribution in [3.63, 3.8) is 0 Å². The Labute approximate surface area is 210 Å². The third-order valence-electron chi connectivity index (χ3n) is 6.03. The smallest absolute Gasteiger partial charge is 0.396 e. The maximum atomic E-state index is 14.8. The van der Waals surface area contributed by atoms with E-state index >= 15 is 0 Å². The number of nitrogens with one attached hydrogen (secondary N) is 2. The van der Waals surface area contributed by atoms with E-state index in [4.69, 9.17) is 5.73 Å². The summed E-state index contributed by atoms with van der Waals surface area (Å²) in [7, 11) is 1.58. The molecular weight excluding hydrogens is 493 g/mol. The van der Waals surface area contributed by atoms with Crippen molar-refractivity contribution in [2.24, 2.45) is 10.9 Å². The third kappa shape index (κ3) is 6.01. The topological polar surface area (TPSA) is 93.6 Å². The number of aromatic nitrogens is 3. The van der Waals surface area contributed by atoms with Crippen LogP contribution in [0.25, 0.3) is 11.3 Å². The van der Waals surface area contributed by atoms with Gasteiger partial charge in [-0.1, -0.05) is 24.9 Å². The van der Waals surface area contributed by atoms with E-state index in [2.05, 4.69) is 25.3 Å². The molecule has 3 aromatic rings. The highest BCUT2D eigenvalue weighted by molar-refractivity contribution is 6.06. The van der Waals surface area contributed by atoms with E-state index in [1.54, 1.807) is 25.2 Å². The Kier molecular flexibility index (Phi) is 7.39. The van der Waals surface area contributed by atoms with Crippen LogP contribution in [-0.2, 0) is 13.0 Å². The Morgan fingerprint density at radius 3 is 2.62 bits per heavy atom. The van der Waals surface area contributed by atoms with E-state index in [9.17, 15) is 22.0 Å². The van der Waals surface area contributed by atoms with Gasteiger partial charge in [-0.05, 0) is 29.7 Å². The van der Waals surface area contributed by atoms with E-state index in [-0.39, 0.29) is 41.9 Å². The lowest BCUT2D eigenvalue weighted by atomic mass is 9.95. The van der Waals surface area contributed by atoms with Crippen molar-refractivity contribution in [3.05, 3.63) is 58.9 Å². The number of alkyl halides is 3. The molecule has 0 fully saturated rings. The minimum Gasteiger partial charge on any atom is -0.396 e.